The van der Waals surface area contributed by atoms with Crippen LogP contribution in [0.5, 0.6) is 5.75 Å². The van der Waals surface area contributed by atoms with E-state index in [0.29, 0.717) is 5.92 Å². The fourth-order valence-electron chi connectivity index (χ4n) is 3.03. The highest BCUT2D eigenvalue weighted by molar-refractivity contribution is 5.35. The van der Waals surface area contributed by atoms with Crippen molar-refractivity contribution in [1.82, 2.24) is 5.32 Å². The van der Waals surface area contributed by atoms with E-state index in [2.05, 4.69) is 37.4 Å². The number of hydrogen-bond acceptors (Lipinski definition) is 2. The second-order valence-corrected chi connectivity index (χ2v) is 5.68. The van der Waals surface area contributed by atoms with Crippen LogP contribution in [0.1, 0.15) is 38.7 Å². The molecule has 0 saturated carbocycles. The average Bonchev–Trinajstić information content (AvgIpc) is 2.40. The zero-order valence-electron chi connectivity index (χ0n) is 11.8. The predicted octanol–water partition coefficient (Wildman–Crippen LogP) is 3.41. The summed E-state index contributed by atoms with van der Waals surface area (Å²) in [5, 5.41) is 3.78. The van der Waals surface area contributed by atoms with Gasteiger partial charge in [0.05, 0.1) is 7.11 Å². The van der Waals surface area contributed by atoms with E-state index in [1.54, 1.807) is 7.11 Å². The van der Waals surface area contributed by atoms with Crippen molar-refractivity contribution >= 4 is 0 Å². The van der Waals surface area contributed by atoms with Crippen LogP contribution in [-0.2, 0) is 6.42 Å². The molecule has 1 heterocycles. The first kappa shape index (κ1) is 13.4. The minimum Gasteiger partial charge on any atom is -0.496 e. The molecule has 0 aromatic heterocycles. The Morgan fingerprint density at radius 2 is 2.06 bits per heavy atom. The van der Waals surface area contributed by atoms with Crippen molar-refractivity contribution in [2.24, 2.45) is 5.92 Å². The van der Waals surface area contributed by atoms with Gasteiger partial charge in [0.1, 0.15) is 5.75 Å². The van der Waals surface area contributed by atoms with E-state index >= 15 is 0 Å². The first-order valence-corrected chi connectivity index (χ1v) is 7.05. The summed E-state index contributed by atoms with van der Waals surface area (Å²) in [4.78, 5) is 0. The summed E-state index contributed by atoms with van der Waals surface area (Å²) in [6.07, 6.45) is 4.97. The Morgan fingerprint density at radius 3 is 2.67 bits per heavy atom. The normalized spacial score (nSPS) is 24.2. The van der Waals surface area contributed by atoms with E-state index in [4.69, 9.17) is 4.74 Å². The fourth-order valence-corrected chi connectivity index (χ4v) is 3.03. The molecule has 18 heavy (non-hydrogen) atoms. The van der Waals surface area contributed by atoms with Gasteiger partial charge >= 0.3 is 0 Å². The van der Waals surface area contributed by atoms with Crippen LogP contribution in [0.25, 0.3) is 0 Å². The number of para-hydroxylation sites is 1. The highest BCUT2D eigenvalue weighted by Gasteiger charge is 2.35. The molecule has 1 aliphatic rings. The van der Waals surface area contributed by atoms with Gasteiger partial charge in [-0.2, -0.15) is 0 Å². The van der Waals surface area contributed by atoms with Gasteiger partial charge in [-0.25, -0.2) is 0 Å². The van der Waals surface area contributed by atoms with E-state index in [1.807, 2.05) is 6.07 Å². The number of nitrogens with one attached hydrogen (secondary N) is 1. The molecule has 1 N–H and O–H groups in total. The second kappa shape index (κ2) is 5.75. The van der Waals surface area contributed by atoms with Gasteiger partial charge in [0.2, 0.25) is 0 Å². The second-order valence-electron chi connectivity index (χ2n) is 5.68. The molecule has 0 bridgehead atoms. The number of rotatable bonds is 4. The van der Waals surface area contributed by atoms with Crippen LogP contribution in [0.4, 0.5) is 0 Å². The van der Waals surface area contributed by atoms with Crippen molar-refractivity contribution in [3.8, 4) is 5.75 Å². The third-order valence-electron chi connectivity index (χ3n) is 4.33. The third-order valence-corrected chi connectivity index (χ3v) is 4.33. The summed E-state index contributed by atoms with van der Waals surface area (Å²) in [6, 6.07) is 8.40. The Labute approximate surface area is 111 Å². The van der Waals surface area contributed by atoms with Crippen molar-refractivity contribution in [1.29, 1.82) is 0 Å². The van der Waals surface area contributed by atoms with E-state index in [9.17, 15) is 0 Å². The van der Waals surface area contributed by atoms with Gasteiger partial charge in [-0.15, -0.1) is 0 Å². The Kier molecular flexibility index (Phi) is 4.28. The van der Waals surface area contributed by atoms with Crippen molar-refractivity contribution in [3.63, 3.8) is 0 Å². The van der Waals surface area contributed by atoms with Crippen molar-refractivity contribution in [2.45, 2.75) is 45.1 Å². The number of hydrogen-bond donors (Lipinski definition) is 1. The number of piperidine rings is 1. The zero-order chi connectivity index (χ0) is 13.0. The van der Waals surface area contributed by atoms with Crippen LogP contribution < -0.4 is 10.1 Å². The van der Waals surface area contributed by atoms with Gasteiger partial charge in [0, 0.05) is 5.54 Å². The van der Waals surface area contributed by atoms with Gasteiger partial charge in [-0.1, -0.05) is 38.5 Å². The largest absolute Gasteiger partial charge is 0.496 e. The molecule has 1 atom stereocenters. The lowest BCUT2D eigenvalue weighted by molar-refractivity contribution is 0.181. The Morgan fingerprint density at radius 1 is 1.28 bits per heavy atom. The average molecular weight is 247 g/mol. The van der Waals surface area contributed by atoms with Gasteiger partial charge in [0.25, 0.3) is 0 Å². The maximum atomic E-state index is 5.48. The molecule has 0 radical (unpaired) electrons. The summed E-state index contributed by atoms with van der Waals surface area (Å²) in [7, 11) is 1.76. The van der Waals surface area contributed by atoms with E-state index in [0.717, 1.165) is 18.7 Å². The van der Waals surface area contributed by atoms with Gasteiger partial charge in [-0.05, 0) is 43.4 Å². The highest BCUT2D eigenvalue weighted by atomic mass is 16.5. The zero-order valence-corrected chi connectivity index (χ0v) is 11.8. The first-order valence-electron chi connectivity index (χ1n) is 7.05. The maximum Gasteiger partial charge on any atom is 0.122 e. The minimum absolute atomic E-state index is 0.243. The van der Waals surface area contributed by atoms with Crippen molar-refractivity contribution in [2.75, 3.05) is 13.7 Å². The van der Waals surface area contributed by atoms with Crippen molar-refractivity contribution in [3.05, 3.63) is 29.8 Å². The summed E-state index contributed by atoms with van der Waals surface area (Å²) in [6.45, 7) is 5.80. The van der Waals surface area contributed by atoms with Crippen molar-refractivity contribution < 1.29 is 4.74 Å². The third kappa shape index (κ3) is 2.69. The molecular weight excluding hydrogens is 222 g/mol. The Balaban J connectivity index is 2.23. The standard InChI is InChI=1S/C16H25NO/c1-13(2)16(10-6-7-11-17-16)12-14-8-4-5-9-15(14)18-3/h4-5,8-9,13,17H,6-7,10-12H2,1-3H3. The smallest absolute Gasteiger partial charge is 0.122 e. The quantitative estimate of drug-likeness (QED) is 0.880. The van der Waals surface area contributed by atoms with Crippen LogP contribution in [0, 0.1) is 5.92 Å². The molecule has 1 fully saturated rings. The SMILES string of the molecule is COc1ccccc1CC1(C(C)C)CCCCN1. The molecule has 0 amide bonds. The summed E-state index contributed by atoms with van der Waals surface area (Å²) >= 11 is 0. The lowest BCUT2D eigenvalue weighted by atomic mass is 9.75. The first-order chi connectivity index (χ1) is 8.68. The van der Waals surface area contributed by atoms with Gasteiger partial charge < -0.3 is 10.1 Å². The predicted molar refractivity (Wildman–Crippen MR) is 76.1 cm³/mol. The molecule has 100 valence electrons. The monoisotopic (exact) mass is 247 g/mol. The van der Waals surface area contributed by atoms with Gasteiger partial charge in [-0.3, -0.25) is 0 Å². The minimum atomic E-state index is 0.243. The van der Waals surface area contributed by atoms with Crippen LogP contribution in [-0.4, -0.2) is 19.2 Å². The lowest BCUT2D eigenvalue weighted by Crippen LogP contribution is -2.54. The van der Waals surface area contributed by atoms with Crippen LogP contribution in [0.15, 0.2) is 24.3 Å². The van der Waals surface area contributed by atoms with Crippen LogP contribution in [0.2, 0.25) is 0 Å². The molecule has 2 nitrogen and oxygen atoms in total. The number of methoxy groups -OCH3 is 1. The molecule has 0 aliphatic carbocycles. The maximum absolute atomic E-state index is 5.48. The number of ether oxygens (including phenoxy) is 1. The molecule has 1 aromatic carbocycles. The molecule has 2 rings (SSSR count). The molecule has 1 aromatic rings. The topological polar surface area (TPSA) is 21.3 Å². The van der Waals surface area contributed by atoms with E-state index in [1.165, 1.54) is 24.8 Å². The summed E-state index contributed by atoms with van der Waals surface area (Å²) < 4.78 is 5.48. The Hall–Kier alpha value is -1.02. The number of benzene rings is 1. The van der Waals surface area contributed by atoms with Gasteiger partial charge in [0.15, 0.2) is 0 Å². The molecule has 1 aliphatic heterocycles. The van der Waals surface area contributed by atoms with Crippen LogP contribution in [0.3, 0.4) is 0 Å². The van der Waals surface area contributed by atoms with E-state index in [-0.39, 0.29) is 5.54 Å². The van der Waals surface area contributed by atoms with E-state index < -0.39 is 0 Å². The molecule has 1 unspecified atom stereocenters. The van der Waals surface area contributed by atoms with Crippen LogP contribution >= 0.6 is 0 Å². The molecule has 2 heteroatoms. The fraction of sp³-hybridized carbons (Fsp3) is 0.625. The summed E-state index contributed by atoms with van der Waals surface area (Å²) in [5.74, 6) is 1.66. The molecular formula is C16H25NO. The molecule has 1 saturated heterocycles. The lowest BCUT2D eigenvalue weighted by Gasteiger charge is -2.42. The summed E-state index contributed by atoms with van der Waals surface area (Å²) in [5.41, 5.74) is 1.57. The highest BCUT2D eigenvalue weighted by Crippen LogP contribution is 2.33. The Bertz CT molecular complexity index is 380. The molecule has 0 spiro atoms.